The lowest BCUT2D eigenvalue weighted by molar-refractivity contribution is -0.132. The fourth-order valence-corrected chi connectivity index (χ4v) is 3.40. The molecular weight excluding hydrogens is 330 g/mol. The quantitative estimate of drug-likeness (QED) is 0.461. The second-order valence-corrected chi connectivity index (χ2v) is 6.44. The first kappa shape index (κ1) is 18.4. The van der Waals surface area contributed by atoms with Crippen LogP contribution < -0.4 is 9.47 Å². The largest absolute Gasteiger partial charge is 0.493 e. The third-order valence-corrected chi connectivity index (χ3v) is 4.42. The summed E-state index contributed by atoms with van der Waals surface area (Å²) >= 11 is 1.52. The minimum absolute atomic E-state index is 0.0474. The number of benzene rings is 1. The van der Waals surface area contributed by atoms with E-state index in [1.165, 1.54) is 25.8 Å². The molecule has 0 aliphatic carbocycles. The van der Waals surface area contributed by atoms with E-state index in [9.17, 15) is 9.59 Å². The van der Waals surface area contributed by atoms with Crippen molar-refractivity contribution in [2.45, 2.75) is 13.8 Å². The van der Waals surface area contributed by atoms with Crippen LogP contribution in [0.15, 0.2) is 17.0 Å². The van der Waals surface area contributed by atoms with E-state index in [4.69, 9.17) is 14.2 Å². The van der Waals surface area contributed by atoms with Crippen molar-refractivity contribution in [3.63, 3.8) is 0 Å². The molecule has 1 aromatic carbocycles. The lowest BCUT2D eigenvalue weighted by atomic mass is 10.1. The molecule has 0 N–H and O–H groups in total. The fourth-order valence-electron chi connectivity index (χ4n) is 2.40. The highest BCUT2D eigenvalue weighted by molar-refractivity contribution is 8.04. The second-order valence-electron chi connectivity index (χ2n) is 5.31. The third-order valence-electron chi connectivity index (χ3n) is 3.43. The van der Waals surface area contributed by atoms with Crippen LogP contribution in [-0.4, -0.2) is 50.0 Å². The molecule has 1 saturated heterocycles. The lowest BCUT2D eigenvalue weighted by Crippen LogP contribution is -2.38. The SMILES string of the molecule is COCN1CCS/C(=C/c2cc(C)c(OC(C)=O)c(OC)c2)C1=O. The monoisotopic (exact) mass is 351 g/mol. The molecule has 1 aliphatic rings. The zero-order valence-electron chi connectivity index (χ0n) is 14.3. The summed E-state index contributed by atoms with van der Waals surface area (Å²) in [4.78, 5) is 26.0. The molecule has 24 heavy (non-hydrogen) atoms. The number of carbonyl (C=O) groups excluding carboxylic acids is 2. The maximum atomic E-state index is 12.4. The highest BCUT2D eigenvalue weighted by Crippen LogP contribution is 2.34. The molecular formula is C17H21NO5S. The van der Waals surface area contributed by atoms with Gasteiger partial charge in [0.1, 0.15) is 6.73 Å². The number of hydrogen-bond donors (Lipinski definition) is 0. The molecule has 1 heterocycles. The van der Waals surface area contributed by atoms with E-state index in [0.29, 0.717) is 22.9 Å². The van der Waals surface area contributed by atoms with Crippen LogP contribution in [0.4, 0.5) is 0 Å². The summed E-state index contributed by atoms with van der Waals surface area (Å²) in [6, 6.07) is 3.61. The highest BCUT2D eigenvalue weighted by Gasteiger charge is 2.24. The summed E-state index contributed by atoms with van der Waals surface area (Å²) in [5.41, 5.74) is 1.58. The van der Waals surface area contributed by atoms with E-state index in [1.807, 2.05) is 19.1 Å². The lowest BCUT2D eigenvalue weighted by Gasteiger charge is -2.27. The number of amides is 1. The Bertz CT molecular complexity index is 669. The van der Waals surface area contributed by atoms with Crippen LogP contribution in [-0.2, 0) is 14.3 Å². The molecule has 6 nitrogen and oxygen atoms in total. The zero-order valence-corrected chi connectivity index (χ0v) is 15.1. The van der Waals surface area contributed by atoms with Crippen molar-refractivity contribution < 1.29 is 23.8 Å². The Morgan fingerprint density at radius 1 is 1.38 bits per heavy atom. The molecule has 1 amide bonds. The molecule has 130 valence electrons. The molecule has 1 fully saturated rings. The van der Waals surface area contributed by atoms with Gasteiger partial charge in [0.05, 0.1) is 12.0 Å². The molecule has 0 unspecified atom stereocenters. The first-order chi connectivity index (χ1) is 11.5. The number of hydrogen-bond acceptors (Lipinski definition) is 6. The van der Waals surface area contributed by atoms with Crippen molar-refractivity contribution in [2.75, 3.05) is 33.2 Å². The molecule has 0 radical (unpaired) electrons. The van der Waals surface area contributed by atoms with Gasteiger partial charge < -0.3 is 19.1 Å². The Morgan fingerprint density at radius 2 is 2.12 bits per heavy atom. The molecule has 1 aromatic rings. The summed E-state index contributed by atoms with van der Waals surface area (Å²) in [6.07, 6.45) is 1.82. The van der Waals surface area contributed by atoms with Gasteiger partial charge >= 0.3 is 5.97 Å². The number of esters is 1. The van der Waals surface area contributed by atoms with Crippen molar-refractivity contribution in [1.29, 1.82) is 0 Å². The molecule has 0 saturated carbocycles. The zero-order chi connectivity index (χ0) is 17.7. The van der Waals surface area contributed by atoms with E-state index < -0.39 is 5.97 Å². The van der Waals surface area contributed by atoms with Gasteiger partial charge in [-0.25, -0.2) is 0 Å². The summed E-state index contributed by atoms with van der Waals surface area (Å²) in [5, 5.41) is 0. The highest BCUT2D eigenvalue weighted by atomic mass is 32.2. The predicted octanol–water partition coefficient (Wildman–Crippen LogP) is 2.45. The first-order valence-corrected chi connectivity index (χ1v) is 8.44. The smallest absolute Gasteiger partial charge is 0.308 e. The van der Waals surface area contributed by atoms with Crippen molar-refractivity contribution >= 4 is 29.7 Å². The Hall–Kier alpha value is -1.99. The van der Waals surface area contributed by atoms with E-state index in [0.717, 1.165) is 16.9 Å². The van der Waals surface area contributed by atoms with E-state index in [-0.39, 0.29) is 12.6 Å². The number of aryl methyl sites for hydroxylation is 1. The molecule has 2 rings (SSSR count). The molecule has 0 atom stereocenters. The fraction of sp³-hybridized carbons (Fsp3) is 0.412. The Balaban J connectivity index is 2.33. The van der Waals surface area contributed by atoms with Gasteiger partial charge in [0.2, 0.25) is 0 Å². The van der Waals surface area contributed by atoms with Crippen LogP contribution in [0.1, 0.15) is 18.1 Å². The van der Waals surface area contributed by atoms with Crippen LogP contribution in [0, 0.1) is 6.92 Å². The molecule has 0 aromatic heterocycles. The van der Waals surface area contributed by atoms with Crippen LogP contribution in [0.3, 0.4) is 0 Å². The minimum Gasteiger partial charge on any atom is -0.493 e. The van der Waals surface area contributed by atoms with Crippen LogP contribution in [0.25, 0.3) is 6.08 Å². The van der Waals surface area contributed by atoms with E-state index >= 15 is 0 Å². The number of rotatable bonds is 5. The number of ether oxygens (including phenoxy) is 3. The second kappa shape index (κ2) is 8.21. The van der Waals surface area contributed by atoms with Crippen LogP contribution >= 0.6 is 11.8 Å². The topological polar surface area (TPSA) is 65.1 Å². The summed E-state index contributed by atoms with van der Waals surface area (Å²) in [7, 11) is 3.08. The maximum Gasteiger partial charge on any atom is 0.308 e. The van der Waals surface area contributed by atoms with Crippen molar-refractivity contribution in [3.8, 4) is 11.5 Å². The Morgan fingerprint density at radius 3 is 2.75 bits per heavy atom. The van der Waals surface area contributed by atoms with Gasteiger partial charge in [0.25, 0.3) is 5.91 Å². The van der Waals surface area contributed by atoms with Gasteiger partial charge in [-0.15, -0.1) is 11.8 Å². The predicted molar refractivity (Wildman–Crippen MR) is 93.1 cm³/mol. The molecule has 0 spiro atoms. The third kappa shape index (κ3) is 4.30. The van der Waals surface area contributed by atoms with E-state index in [2.05, 4.69) is 0 Å². The Labute approximate surface area is 145 Å². The van der Waals surface area contributed by atoms with Gasteiger partial charge in [-0.1, -0.05) is 0 Å². The van der Waals surface area contributed by atoms with Gasteiger partial charge in [0.15, 0.2) is 11.5 Å². The number of thioether (sulfide) groups is 1. The average Bonchev–Trinajstić information content (AvgIpc) is 2.53. The van der Waals surface area contributed by atoms with Crippen molar-refractivity contribution in [1.82, 2.24) is 4.90 Å². The van der Waals surface area contributed by atoms with Gasteiger partial charge in [-0.05, 0) is 36.3 Å². The van der Waals surface area contributed by atoms with Crippen molar-refractivity contribution in [2.24, 2.45) is 0 Å². The number of carbonyl (C=O) groups is 2. The first-order valence-electron chi connectivity index (χ1n) is 7.46. The molecule has 0 bridgehead atoms. The Kier molecular flexibility index (Phi) is 6.28. The maximum absolute atomic E-state index is 12.4. The molecule has 7 heteroatoms. The number of nitrogens with zero attached hydrogens (tertiary/aromatic N) is 1. The van der Waals surface area contributed by atoms with E-state index in [1.54, 1.807) is 18.1 Å². The standard InChI is InChI=1S/C17H21NO5S/c1-11-7-13(8-14(22-4)16(11)23-12(2)19)9-15-17(20)18(10-21-3)5-6-24-15/h7-9H,5-6,10H2,1-4H3/b15-9+. The average molecular weight is 351 g/mol. The van der Waals surface area contributed by atoms with Gasteiger partial charge in [-0.3, -0.25) is 9.59 Å². The van der Waals surface area contributed by atoms with Crippen LogP contribution in [0.2, 0.25) is 0 Å². The van der Waals surface area contributed by atoms with Crippen molar-refractivity contribution in [3.05, 3.63) is 28.2 Å². The normalized spacial score (nSPS) is 16.4. The number of methoxy groups -OCH3 is 2. The summed E-state index contributed by atoms with van der Waals surface area (Å²) in [6.45, 7) is 4.12. The van der Waals surface area contributed by atoms with Crippen LogP contribution in [0.5, 0.6) is 11.5 Å². The summed E-state index contributed by atoms with van der Waals surface area (Å²) < 4.78 is 15.6. The minimum atomic E-state index is -0.407. The van der Waals surface area contributed by atoms with Gasteiger partial charge in [-0.2, -0.15) is 0 Å². The molecule has 1 aliphatic heterocycles. The summed E-state index contributed by atoms with van der Waals surface area (Å²) in [5.74, 6) is 1.22. The van der Waals surface area contributed by atoms with Gasteiger partial charge in [0, 0.05) is 26.3 Å².